The zero-order valence-corrected chi connectivity index (χ0v) is 13.3. The summed E-state index contributed by atoms with van der Waals surface area (Å²) in [5.41, 5.74) is 1.97. The van der Waals surface area contributed by atoms with Crippen molar-refractivity contribution in [2.45, 2.75) is 17.5 Å². The van der Waals surface area contributed by atoms with Gasteiger partial charge in [0.05, 0.1) is 6.54 Å². The number of benzene rings is 2. The summed E-state index contributed by atoms with van der Waals surface area (Å²) in [6, 6.07) is 17.5. The van der Waals surface area contributed by atoms with E-state index in [1.165, 1.54) is 11.8 Å². The summed E-state index contributed by atoms with van der Waals surface area (Å²) in [4.78, 5) is 11.9. The molecule has 0 unspecified atom stereocenters. The van der Waals surface area contributed by atoms with Crippen LogP contribution < -0.4 is 5.69 Å². The minimum absolute atomic E-state index is 0.197. The second-order valence-electron chi connectivity index (χ2n) is 4.80. The molecule has 0 amide bonds. The average molecular weight is 332 g/mol. The lowest BCUT2D eigenvalue weighted by atomic mass is 10.2. The van der Waals surface area contributed by atoms with Crippen LogP contribution in [0.2, 0.25) is 5.02 Å². The molecule has 0 bridgehead atoms. The summed E-state index contributed by atoms with van der Waals surface area (Å²) in [7, 11) is 0. The maximum atomic E-state index is 11.9. The fourth-order valence-corrected chi connectivity index (χ4v) is 3.20. The molecule has 1 heterocycles. The normalized spacial score (nSPS) is 10.8. The molecule has 22 heavy (non-hydrogen) atoms. The highest BCUT2D eigenvalue weighted by molar-refractivity contribution is 7.98. The van der Waals surface area contributed by atoms with Crippen molar-refractivity contribution in [2.75, 3.05) is 0 Å². The molecule has 0 aliphatic heterocycles. The fourth-order valence-electron chi connectivity index (χ4n) is 2.09. The second-order valence-corrected chi connectivity index (χ2v) is 6.18. The number of hydrogen-bond acceptors (Lipinski definition) is 3. The van der Waals surface area contributed by atoms with E-state index in [0.717, 1.165) is 11.1 Å². The molecule has 0 saturated heterocycles. The van der Waals surface area contributed by atoms with E-state index in [0.29, 0.717) is 22.5 Å². The first-order valence-electron chi connectivity index (χ1n) is 6.79. The van der Waals surface area contributed by atoms with Gasteiger partial charge in [-0.2, -0.15) is 0 Å². The first-order valence-corrected chi connectivity index (χ1v) is 8.15. The first-order chi connectivity index (χ1) is 10.7. The van der Waals surface area contributed by atoms with E-state index in [4.69, 9.17) is 11.6 Å². The molecule has 3 aromatic rings. The van der Waals surface area contributed by atoms with Gasteiger partial charge in [-0.3, -0.25) is 4.57 Å². The van der Waals surface area contributed by atoms with Crippen LogP contribution in [0.5, 0.6) is 0 Å². The smallest absolute Gasteiger partial charge is 0.266 e. The molecule has 0 radical (unpaired) electrons. The van der Waals surface area contributed by atoms with Gasteiger partial charge >= 0.3 is 5.69 Å². The predicted molar refractivity (Wildman–Crippen MR) is 89.4 cm³/mol. The van der Waals surface area contributed by atoms with Gasteiger partial charge in [0, 0.05) is 10.8 Å². The molecular formula is C16H14ClN3OS. The zero-order chi connectivity index (χ0) is 15.4. The van der Waals surface area contributed by atoms with Crippen LogP contribution in [0.3, 0.4) is 0 Å². The summed E-state index contributed by atoms with van der Waals surface area (Å²) in [5.74, 6) is 0.708. The van der Waals surface area contributed by atoms with Crippen molar-refractivity contribution in [3.8, 4) is 0 Å². The number of hydrogen-bond donors (Lipinski definition) is 1. The Balaban J connectivity index is 1.76. The molecule has 0 saturated carbocycles. The van der Waals surface area contributed by atoms with Crippen molar-refractivity contribution in [1.29, 1.82) is 0 Å². The third-order valence-electron chi connectivity index (χ3n) is 3.16. The number of aromatic amines is 1. The van der Waals surface area contributed by atoms with Crippen molar-refractivity contribution in [3.05, 3.63) is 81.2 Å². The molecular weight excluding hydrogens is 318 g/mol. The van der Waals surface area contributed by atoms with Gasteiger partial charge in [0.25, 0.3) is 0 Å². The van der Waals surface area contributed by atoms with E-state index in [2.05, 4.69) is 10.2 Å². The van der Waals surface area contributed by atoms with Gasteiger partial charge in [-0.1, -0.05) is 65.8 Å². The molecule has 0 atom stereocenters. The summed E-state index contributed by atoms with van der Waals surface area (Å²) in [6.45, 7) is 0.508. The Bertz CT molecular complexity index is 814. The standard InChI is InChI=1S/C16H14ClN3OS/c17-14-8-4-7-13(9-14)11-22-16-19-18-15(21)20(16)10-12-5-2-1-3-6-12/h1-9H,10-11H2,(H,18,21). The van der Waals surface area contributed by atoms with Gasteiger partial charge in [0.15, 0.2) is 5.16 Å². The van der Waals surface area contributed by atoms with E-state index in [1.54, 1.807) is 4.57 Å². The second kappa shape index (κ2) is 6.85. The minimum Gasteiger partial charge on any atom is -0.266 e. The zero-order valence-electron chi connectivity index (χ0n) is 11.7. The number of nitrogens with zero attached hydrogens (tertiary/aromatic N) is 2. The van der Waals surface area contributed by atoms with Crippen LogP contribution in [0.1, 0.15) is 11.1 Å². The van der Waals surface area contributed by atoms with Crippen LogP contribution in [-0.2, 0) is 12.3 Å². The summed E-state index contributed by atoms with van der Waals surface area (Å²) >= 11 is 7.49. The molecule has 112 valence electrons. The van der Waals surface area contributed by atoms with Crippen molar-refractivity contribution in [3.63, 3.8) is 0 Å². The van der Waals surface area contributed by atoms with E-state index < -0.39 is 0 Å². The van der Waals surface area contributed by atoms with E-state index >= 15 is 0 Å². The Morgan fingerprint density at radius 3 is 2.64 bits per heavy atom. The summed E-state index contributed by atoms with van der Waals surface area (Å²) in [5, 5.41) is 8.01. The van der Waals surface area contributed by atoms with Crippen LogP contribution in [0.25, 0.3) is 0 Å². The van der Waals surface area contributed by atoms with Crippen molar-refractivity contribution < 1.29 is 0 Å². The molecule has 4 nitrogen and oxygen atoms in total. The molecule has 1 aromatic heterocycles. The van der Waals surface area contributed by atoms with Crippen molar-refractivity contribution in [2.24, 2.45) is 0 Å². The average Bonchev–Trinajstić information content (AvgIpc) is 2.87. The topological polar surface area (TPSA) is 50.7 Å². The molecule has 2 aromatic carbocycles. The minimum atomic E-state index is -0.197. The molecule has 0 fully saturated rings. The Hall–Kier alpha value is -1.98. The van der Waals surface area contributed by atoms with Crippen molar-refractivity contribution >= 4 is 23.4 Å². The third kappa shape index (κ3) is 3.61. The largest absolute Gasteiger partial charge is 0.344 e. The maximum absolute atomic E-state index is 11.9. The Morgan fingerprint density at radius 1 is 1.09 bits per heavy atom. The lowest BCUT2D eigenvalue weighted by Crippen LogP contribution is -2.18. The van der Waals surface area contributed by atoms with E-state index in [-0.39, 0.29) is 5.69 Å². The molecule has 0 aliphatic rings. The molecule has 3 rings (SSSR count). The number of aromatic nitrogens is 3. The maximum Gasteiger partial charge on any atom is 0.344 e. The molecule has 1 N–H and O–H groups in total. The fraction of sp³-hybridized carbons (Fsp3) is 0.125. The van der Waals surface area contributed by atoms with Gasteiger partial charge in [-0.05, 0) is 23.3 Å². The van der Waals surface area contributed by atoms with Gasteiger partial charge in [-0.15, -0.1) is 5.10 Å². The van der Waals surface area contributed by atoms with Gasteiger partial charge in [0.1, 0.15) is 0 Å². The van der Waals surface area contributed by atoms with E-state index in [9.17, 15) is 4.79 Å². The first kappa shape index (κ1) is 14.9. The quantitative estimate of drug-likeness (QED) is 0.727. The Labute approximate surface area is 137 Å². The Kier molecular flexibility index (Phi) is 4.65. The number of rotatable bonds is 5. The number of halogens is 1. The highest BCUT2D eigenvalue weighted by atomic mass is 35.5. The van der Waals surface area contributed by atoms with Crippen LogP contribution in [0.4, 0.5) is 0 Å². The lowest BCUT2D eigenvalue weighted by molar-refractivity contribution is 0.687. The van der Waals surface area contributed by atoms with Gasteiger partial charge < -0.3 is 0 Å². The van der Waals surface area contributed by atoms with Crippen LogP contribution in [0.15, 0.2) is 64.5 Å². The summed E-state index contributed by atoms with van der Waals surface area (Å²) < 4.78 is 1.64. The van der Waals surface area contributed by atoms with Crippen molar-refractivity contribution in [1.82, 2.24) is 14.8 Å². The number of H-pyrrole nitrogens is 1. The van der Waals surface area contributed by atoms with E-state index in [1.807, 2.05) is 54.6 Å². The number of thioether (sulfide) groups is 1. The number of nitrogens with one attached hydrogen (secondary N) is 1. The molecule has 0 aliphatic carbocycles. The highest BCUT2D eigenvalue weighted by Gasteiger charge is 2.09. The van der Waals surface area contributed by atoms with Gasteiger partial charge in [-0.25, -0.2) is 9.89 Å². The summed E-state index contributed by atoms with van der Waals surface area (Å²) in [6.07, 6.45) is 0. The lowest BCUT2D eigenvalue weighted by Gasteiger charge is -2.06. The SMILES string of the molecule is O=c1[nH]nc(SCc2cccc(Cl)c2)n1Cc1ccccc1. The third-order valence-corrected chi connectivity index (χ3v) is 4.45. The molecule has 0 spiro atoms. The highest BCUT2D eigenvalue weighted by Crippen LogP contribution is 2.22. The van der Waals surface area contributed by atoms with Crippen LogP contribution in [0, 0.1) is 0 Å². The monoisotopic (exact) mass is 331 g/mol. The predicted octanol–water partition coefficient (Wildman–Crippen LogP) is 3.57. The van der Waals surface area contributed by atoms with Crippen LogP contribution >= 0.6 is 23.4 Å². The Morgan fingerprint density at radius 2 is 1.86 bits per heavy atom. The van der Waals surface area contributed by atoms with Gasteiger partial charge in [0.2, 0.25) is 0 Å². The molecule has 6 heteroatoms. The van der Waals surface area contributed by atoms with Crippen LogP contribution in [-0.4, -0.2) is 14.8 Å².